The number of aliphatic hydroxyl groups excluding tert-OH is 2. The van der Waals surface area contributed by atoms with E-state index in [9.17, 15) is 9.90 Å². The maximum absolute atomic E-state index is 11.0. The van der Waals surface area contributed by atoms with Crippen LogP contribution in [0, 0.1) is 5.92 Å². The lowest BCUT2D eigenvalue weighted by molar-refractivity contribution is -0.144. The molecule has 0 radical (unpaired) electrons. The molecule has 3 atom stereocenters. The zero-order valence-corrected chi connectivity index (χ0v) is 12.8. The zero-order chi connectivity index (χ0) is 15.4. The largest absolute Gasteiger partial charge is 0.481 e. The van der Waals surface area contributed by atoms with Gasteiger partial charge in [-0.1, -0.05) is 6.42 Å². The quantitative estimate of drug-likeness (QED) is 0.662. The summed E-state index contributed by atoms with van der Waals surface area (Å²) in [6.45, 7) is 2.20. The molecule has 2 rings (SSSR count). The summed E-state index contributed by atoms with van der Waals surface area (Å²) >= 11 is 0. The van der Waals surface area contributed by atoms with Gasteiger partial charge in [0.15, 0.2) is 0 Å². The lowest BCUT2D eigenvalue weighted by Gasteiger charge is -2.46. The predicted molar refractivity (Wildman–Crippen MR) is 79.1 cm³/mol. The summed E-state index contributed by atoms with van der Waals surface area (Å²) < 4.78 is 0. The van der Waals surface area contributed by atoms with E-state index in [1.807, 2.05) is 11.9 Å². The number of aliphatic carboxylic acids is 1. The second kappa shape index (κ2) is 7.54. The Labute approximate surface area is 126 Å². The summed E-state index contributed by atoms with van der Waals surface area (Å²) in [5, 5.41) is 28.8. The van der Waals surface area contributed by atoms with Crippen molar-refractivity contribution in [3.63, 3.8) is 0 Å². The van der Waals surface area contributed by atoms with E-state index in [0.717, 1.165) is 32.4 Å². The number of hydrogen-bond acceptors (Lipinski definition) is 5. The van der Waals surface area contributed by atoms with Crippen LogP contribution in [-0.4, -0.2) is 82.6 Å². The van der Waals surface area contributed by atoms with Crippen LogP contribution in [0.1, 0.15) is 32.1 Å². The number of nitrogens with zero attached hydrogens (tertiary/aromatic N) is 2. The Balaban J connectivity index is 1.92. The van der Waals surface area contributed by atoms with Gasteiger partial charge in [0.05, 0.1) is 18.6 Å². The molecule has 1 saturated heterocycles. The average Bonchev–Trinajstić information content (AvgIpc) is 2.48. The van der Waals surface area contributed by atoms with Crippen LogP contribution in [0.5, 0.6) is 0 Å². The fraction of sp³-hybridized carbons (Fsp3) is 0.933. The molecular weight excluding hydrogens is 272 g/mol. The van der Waals surface area contributed by atoms with Crippen molar-refractivity contribution in [3.05, 3.63) is 0 Å². The first-order valence-corrected chi connectivity index (χ1v) is 8.00. The number of carboxylic acids is 1. The zero-order valence-electron chi connectivity index (χ0n) is 12.8. The van der Waals surface area contributed by atoms with E-state index >= 15 is 0 Å². The SMILES string of the molecule is CN(CCO)[C@@H]1CCC[C@H](N2CCC(C(=O)O)CC2)[C@H]1O. The van der Waals surface area contributed by atoms with Crippen molar-refractivity contribution in [2.45, 2.75) is 50.3 Å². The number of piperidine rings is 1. The van der Waals surface area contributed by atoms with Gasteiger partial charge in [-0.2, -0.15) is 0 Å². The first-order chi connectivity index (χ1) is 10.0. The molecule has 0 aromatic heterocycles. The van der Waals surface area contributed by atoms with Crippen molar-refractivity contribution in [2.24, 2.45) is 5.92 Å². The normalized spacial score (nSPS) is 32.5. The molecule has 3 N–H and O–H groups in total. The highest BCUT2D eigenvalue weighted by atomic mass is 16.4. The summed E-state index contributed by atoms with van der Waals surface area (Å²) in [4.78, 5) is 15.3. The lowest BCUT2D eigenvalue weighted by Crippen LogP contribution is -2.57. The summed E-state index contributed by atoms with van der Waals surface area (Å²) in [5.74, 6) is -0.922. The van der Waals surface area contributed by atoms with Gasteiger partial charge in [0.25, 0.3) is 0 Å². The average molecular weight is 300 g/mol. The minimum atomic E-state index is -0.695. The fourth-order valence-electron chi connectivity index (χ4n) is 3.82. The fourth-order valence-corrected chi connectivity index (χ4v) is 3.82. The lowest BCUT2D eigenvalue weighted by atomic mass is 9.84. The second-order valence-corrected chi connectivity index (χ2v) is 6.41. The van der Waals surface area contributed by atoms with Crippen molar-refractivity contribution in [1.29, 1.82) is 0 Å². The van der Waals surface area contributed by atoms with E-state index in [1.54, 1.807) is 0 Å². The third-order valence-electron chi connectivity index (χ3n) is 5.15. The third-order valence-corrected chi connectivity index (χ3v) is 5.15. The molecule has 0 amide bonds. The Hall–Kier alpha value is -0.690. The molecule has 6 nitrogen and oxygen atoms in total. The van der Waals surface area contributed by atoms with Crippen LogP contribution in [-0.2, 0) is 4.79 Å². The molecule has 0 aromatic rings. The summed E-state index contributed by atoms with van der Waals surface area (Å²) in [5.41, 5.74) is 0. The van der Waals surface area contributed by atoms with E-state index in [0.29, 0.717) is 19.4 Å². The molecule has 0 bridgehead atoms. The number of likely N-dealkylation sites (tertiary alicyclic amines) is 1. The first kappa shape index (κ1) is 16.7. The van der Waals surface area contributed by atoms with Gasteiger partial charge < -0.3 is 15.3 Å². The Morgan fingerprint density at radius 1 is 1.24 bits per heavy atom. The van der Waals surface area contributed by atoms with Gasteiger partial charge in [0, 0.05) is 18.6 Å². The number of carboxylic acid groups (broad SMARTS) is 1. The number of aliphatic hydroxyl groups is 2. The van der Waals surface area contributed by atoms with Crippen molar-refractivity contribution in [1.82, 2.24) is 9.80 Å². The number of carbonyl (C=O) groups is 1. The standard InChI is InChI=1S/C15H28N2O4/c1-16(9-10-18)12-3-2-4-13(14(12)19)17-7-5-11(6-8-17)15(20)21/h11-14,18-19H,2-10H2,1H3,(H,20,21)/t12-,13+,14+/m1/s1. The van der Waals surface area contributed by atoms with E-state index in [2.05, 4.69) is 4.90 Å². The van der Waals surface area contributed by atoms with Crippen LogP contribution in [0.4, 0.5) is 0 Å². The van der Waals surface area contributed by atoms with Gasteiger partial charge in [-0.05, 0) is 45.8 Å². The molecule has 6 heteroatoms. The molecule has 122 valence electrons. The van der Waals surface area contributed by atoms with Crippen molar-refractivity contribution < 1.29 is 20.1 Å². The molecule has 2 fully saturated rings. The summed E-state index contributed by atoms with van der Waals surface area (Å²) in [6.07, 6.45) is 3.94. The molecule has 1 aliphatic heterocycles. The topological polar surface area (TPSA) is 84.2 Å². The maximum Gasteiger partial charge on any atom is 0.306 e. The van der Waals surface area contributed by atoms with Gasteiger partial charge in [0.1, 0.15) is 0 Å². The van der Waals surface area contributed by atoms with Crippen molar-refractivity contribution in [3.8, 4) is 0 Å². The van der Waals surface area contributed by atoms with Crippen LogP contribution >= 0.6 is 0 Å². The molecule has 0 unspecified atom stereocenters. The molecule has 21 heavy (non-hydrogen) atoms. The maximum atomic E-state index is 11.0. The Kier molecular flexibility index (Phi) is 5.98. The Bertz CT molecular complexity index is 345. The van der Waals surface area contributed by atoms with Gasteiger partial charge in [-0.3, -0.25) is 14.6 Å². The van der Waals surface area contributed by atoms with Crippen LogP contribution in [0.15, 0.2) is 0 Å². The Morgan fingerprint density at radius 3 is 2.48 bits per heavy atom. The van der Waals surface area contributed by atoms with Gasteiger partial charge in [-0.15, -0.1) is 0 Å². The van der Waals surface area contributed by atoms with Crippen LogP contribution in [0.2, 0.25) is 0 Å². The third kappa shape index (κ3) is 3.94. The molecule has 1 heterocycles. The molecule has 0 spiro atoms. The molecule has 2 aliphatic rings. The van der Waals surface area contributed by atoms with Gasteiger partial charge in [-0.25, -0.2) is 0 Å². The molecule has 1 saturated carbocycles. The van der Waals surface area contributed by atoms with E-state index in [1.165, 1.54) is 0 Å². The second-order valence-electron chi connectivity index (χ2n) is 6.41. The number of likely N-dealkylation sites (N-methyl/N-ethyl adjacent to an activating group) is 1. The van der Waals surface area contributed by atoms with Gasteiger partial charge in [0.2, 0.25) is 0 Å². The Morgan fingerprint density at radius 2 is 1.90 bits per heavy atom. The highest BCUT2D eigenvalue weighted by Crippen LogP contribution is 2.29. The summed E-state index contributed by atoms with van der Waals surface area (Å²) in [7, 11) is 1.95. The molecular formula is C15H28N2O4. The van der Waals surface area contributed by atoms with Crippen LogP contribution < -0.4 is 0 Å². The summed E-state index contributed by atoms with van der Waals surface area (Å²) in [6, 6.07) is 0.215. The van der Waals surface area contributed by atoms with Crippen LogP contribution in [0.3, 0.4) is 0 Å². The molecule has 1 aliphatic carbocycles. The highest BCUT2D eigenvalue weighted by molar-refractivity contribution is 5.70. The van der Waals surface area contributed by atoms with E-state index < -0.39 is 12.1 Å². The van der Waals surface area contributed by atoms with Crippen molar-refractivity contribution in [2.75, 3.05) is 33.3 Å². The van der Waals surface area contributed by atoms with Gasteiger partial charge >= 0.3 is 5.97 Å². The number of hydrogen-bond donors (Lipinski definition) is 3. The highest BCUT2D eigenvalue weighted by Gasteiger charge is 2.38. The van der Waals surface area contributed by atoms with E-state index in [-0.39, 0.29) is 24.6 Å². The number of rotatable bonds is 5. The van der Waals surface area contributed by atoms with Crippen LogP contribution in [0.25, 0.3) is 0 Å². The molecule has 0 aromatic carbocycles. The minimum absolute atomic E-state index is 0.0908. The minimum Gasteiger partial charge on any atom is -0.481 e. The predicted octanol–water partition coefficient (Wildman–Crippen LogP) is -0.0109. The smallest absolute Gasteiger partial charge is 0.306 e. The van der Waals surface area contributed by atoms with Crippen molar-refractivity contribution >= 4 is 5.97 Å². The first-order valence-electron chi connectivity index (χ1n) is 8.00. The monoisotopic (exact) mass is 300 g/mol. The van der Waals surface area contributed by atoms with E-state index in [4.69, 9.17) is 10.2 Å².